The van der Waals surface area contributed by atoms with Gasteiger partial charge >= 0.3 is 0 Å². The van der Waals surface area contributed by atoms with E-state index in [4.69, 9.17) is 4.74 Å². The summed E-state index contributed by atoms with van der Waals surface area (Å²) in [5, 5.41) is 3.25. The molecule has 0 spiro atoms. The van der Waals surface area contributed by atoms with Gasteiger partial charge in [-0.25, -0.2) is 4.98 Å². The Morgan fingerprint density at radius 1 is 1.08 bits per heavy atom. The molecular weight excluding hydrogens is 314 g/mol. The number of morpholine rings is 1. The Bertz CT molecular complexity index is 628. The number of hydrogen-bond donors (Lipinski definition) is 1. The molecule has 1 aromatic heterocycles. The van der Waals surface area contributed by atoms with E-state index >= 15 is 0 Å². The lowest BCUT2D eigenvalue weighted by atomic mass is 9.51. The Morgan fingerprint density at radius 2 is 1.76 bits per heavy atom. The molecule has 4 aliphatic carbocycles. The highest BCUT2D eigenvalue weighted by Crippen LogP contribution is 2.56. The van der Waals surface area contributed by atoms with Crippen molar-refractivity contribution in [2.75, 3.05) is 36.5 Å². The van der Waals surface area contributed by atoms with Crippen molar-refractivity contribution in [3.05, 3.63) is 18.3 Å². The third-order valence-electron chi connectivity index (χ3n) is 6.88. The van der Waals surface area contributed by atoms with Gasteiger partial charge in [-0.1, -0.05) is 0 Å². The molecule has 1 saturated heterocycles. The minimum Gasteiger partial charge on any atom is -0.378 e. The summed E-state index contributed by atoms with van der Waals surface area (Å²) < 4.78 is 5.44. The largest absolute Gasteiger partial charge is 0.378 e. The van der Waals surface area contributed by atoms with Gasteiger partial charge in [0.25, 0.3) is 0 Å². The van der Waals surface area contributed by atoms with E-state index in [9.17, 15) is 4.79 Å². The number of anilines is 2. The highest BCUT2D eigenvalue weighted by atomic mass is 16.5. The molecule has 0 radical (unpaired) electrons. The summed E-state index contributed by atoms with van der Waals surface area (Å²) >= 11 is 0. The Balaban J connectivity index is 1.34. The number of ether oxygens (including phenoxy) is 1. The third-order valence-corrected chi connectivity index (χ3v) is 6.88. The summed E-state index contributed by atoms with van der Waals surface area (Å²) in [5.41, 5.74) is 0.864. The number of nitrogens with one attached hydrogen (secondary N) is 1. The number of carbonyl (C=O) groups is 1. The van der Waals surface area contributed by atoms with Crippen LogP contribution in [0.2, 0.25) is 0 Å². The third kappa shape index (κ3) is 2.82. The zero-order valence-corrected chi connectivity index (χ0v) is 14.7. The fourth-order valence-electron chi connectivity index (χ4n) is 6.09. The number of rotatable bonds is 3. The van der Waals surface area contributed by atoms with Gasteiger partial charge in [-0.3, -0.25) is 4.79 Å². The number of nitrogens with zero attached hydrogens (tertiary/aromatic N) is 2. The highest BCUT2D eigenvalue weighted by molar-refractivity contribution is 5.95. The second-order valence-electron chi connectivity index (χ2n) is 8.42. The average molecular weight is 341 g/mol. The van der Waals surface area contributed by atoms with E-state index < -0.39 is 0 Å². The smallest absolute Gasteiger partial charge is 0.228 e. The summed E-state index contributed by atoms with van der Waals surface area (Å²) in [7, 11) is 0. The van der Waals surface area contributed by atoms with Crippen LogP contribution in [0.25, 0.3) is 0 Å². The quantitative estimate of drug-likeness (QED) is 0.918. The first kappa shape index (κ1) is 15.6. The van der Waals surface area contributed by atoms with Gasteiger partial charge in [-0.15, -0.1) is 0 Å². The summed E-state index contributed by atoms with van der Waals surface area (Å²) in [4.78, 5) is 19.9. The number of aromatic nitrogens is 1. The van der Waals surface area contributed by atoms with Gasteiger partial charge in [0.1, 0.15) is 0 Å². The SMILES string of the molecule is O=C(Nc1cccnc1N1CCOCC1)C1C2CC3CC(C2)CC1C3. The van der Waals surface area contributed by atoms with Gasteiger partial charge < -0.3 is 15.0 Å². The molecule has 1 aliphatic heterocycles. The van der Waals surface area contributed by atoms with Crippen LogP contribution in [-0.2, 0) is 9.53 Å². The Kier molecular flexibility index (Phi) is 3.92. The fraction of sp³-hybridized carbons (Fsp3) is 0.700. The second kappa shape index (κ2) is 6.27. The Morgan fingerprint density at radius 3 is 2.44 bits per heavy atom. The molecule has 0 aromatic carbocycles. The summed E-state index contributed by atoms with van der Waals surface area (Å²) in [6.07, 6.45) is 8.32. The van der Waals surface area contributed by atoms with E-state index in [0.29, 0.717) is 11.8 Å². The average Bonchev–Trinajstić information content (AvgIpc) is 2.62. The van der Waals surface area contributed by atoms with E-state index in [-0.39, 0.29) is 11.8 Å². The number of pyridine rings is 1. The predicted octanol–water partition coefficient (Wildman–Crippen LogP) is 2.93. The van der Waals surface area contributed by atoms with Gasteiger partial charge in [-0.2, -0.15) is 0 Å². The first-order valence-corrected chi connectivity index (χ1v) is 9.86. The first-order valence-electron chi connectivity index (χ1n) is 9.86. The molecule has 1 aromatic rings. The molecule has 2 heterocycles. The molecule has 5 aliphatic rings. The van der Waals surface area contributed by atoms with Gasteiger partial charge in [0.15, 0.2) is 5.82 Å². The first-order chi connectivity index (χ1) is 12.3. The summed E-state index contributed by atoms with van der Waals surface area (Å²) in [5.74, 6) is 4.35. The lowest BCUT2D eigenvalue weighted by molar-refractivity contribution is -0.132. The summed E-state index contributed by atoms with van der Waals surface area (Å²) in [6, 6.07) is 3.90. The van der Waals surface area contributed by atoms with Crippen LogP contribution in [-0.4, -0.2) is 37.2 Å². The van der Waals surface area contributed by atoms with Crippen molar-refractivity contribution in [3.63, 3.8) is 0 Å². The van der Waals surface area contributed by atoms with Crippen LogP contribution in [0.3, 0.4) is 0 Å². The molecule has 134 valence electrons. The van der Waals surface area contributed by atoms with E-state index in [1.165, 1.54) is 32.1 Å². The molecule has 25 heavy (non-hydrogen) atoms. The highest BCUT2D eigenvalue weighted by Gasteiger charge is 2.50. The van der Waals surface area contributed by atoms with Crippen molar-refractivity contribution in [2.45, 2.75) is 32.1 Å². The monoisotopic (exact) mass is 341 g/mol. The molecule has 5 heteroatoms. The molecule has 4 saturated carbocycles. The van der Waals surface area contributed by atoms with Gasteiger partial charge in [0.05, 0.1) is 18.9 Å². The van der Waals surface area contributed by atoms with Crippen molar-refractivity contribution in [3.8, 4) is 0 Å². The molecule has 0 atom stereocenters. The molecule has 6 rings (SSSR count). The van der Waals surface area contributed by atoms with E-state index in [0.717, 1.165) is 49.6 Å². The second-order valence-corrected chi connectivity index (χ2v) is 8.42. The topological polar surface area (TPSA) is 54.5 Å². The Hall–Kier alpha value is -1.62. The number of hydrogen-bond acceptors (Lipinski definition) is 4. The predicted molar refractivity (Wildman–Crippen MR) is 96.4 cm³/mol. The lowest BCUT2D eigenvalue weighted by Crippen LogP contribution is -2.49. The lowest BCUT2D eigenvalue weighted by Gasteiger charge is -2.53. The Labute approximate surface area is 149 Å². The fourth-order valence-corrected chi connectivity index (χ4v) is 6.09. The maximum atomic E-state index is 13.2. The van der Waals surface area contributed by atoms with Crippen LogP contribution in [0, 0.1) is 29.6 Å². The number of carbonyl (C=O) groups excluding carboxylic acids is 1. The van der Waals surface area contributed by atoms with Gasteiger partial charge in [0, 0.05) is 25.2 Å². The van der Waals surface area contributed by atoms with Crippen LogP contribution in [0.1, 0.15) is 32.1 Å². The summed E-state index contributed by atoms with van der Waals surface area (Å²) in [6.45, 7) is 3.11. The standard InChI is InChI=1S/C20H27N3O2/c24-20(18-15-9-13-8-14(11-15)12-16(18)10-13)22-17-2-1-3-21-19(17)23-4-6-25-7-5-23/h1-3,13-16,18H,4-12H2,(H,22,24). The molecule has 5 fully saturated rings. The van der Waals surface area contributed by atoms with Gasteiger partial charge in [-0.05, 0) is 67.9 Å². The van der Waals surface area contributed by atoms with Crippen molar-refractivity contribution in [1.29, 1.82) is 0 Å². The molecule has 5 nitrogen and oxygen atoms in total. The zero-order valence-electron chi connectivity index (χ0n) is 14.7. The maximum absolute atomic E-state index is 13.2. The van der Waals surface area contributed by atoms with E-state index in [1.807, 2.05) is 18.3 Å². The van der Waals surface area contributed by atoms with Crippen LogP contribution >= 0.6 is 0 Å². The van der Waals surface area contributed by atoms with Crippen LogP contribution in [0.5, 0.6) is 0 Å². The van der Waals surface area contributed by atoms with Crippen molar-refractivity contribution >= 4 is 17.4 Å². The van der Waals surface area contributed by atoms with Gasteiger partial charge in [0.2, 0.25) is 5.91 Å². The molecule has 1 amide bonds. The normalized spacial score (nSPS) is 36.5. The molecule has 4 bridgehead atoms. The van der Waals surface area contributed by atoms with Crippen molar-refractivity contribution in [2.24, 2.45) is 29.6 Å². The van der Waals surface area contributed by atoms with Crippen LogP contribution in [0.4, 0.5) is 11.5 Å². The molecule has 1 N–H and O–H groups in total. The van der Waals surface area contributed by atoms with Crippen molar-refractivity contribution < 1.29 is 9.53 Å². The minimum atomic E-state index is 0.213. The minimum absolute atomic E-state index is 0.213. The zero-order chi connectivity index (χ0) is 16.8. The van der Waals surface area contributed by atoms with Crippen molar-refractivity contribution in [1.82, 2.24) is 4.98 Å². The van der Waals surface area contributed by atoms with Crippen LogP contribution in [0.15, 0.2) is 18.3 Å². The maximum Gasteiger partial charge on any atom is 0.228 e. The molecular formula is C20H27N3O2. The number of amides is 1. The van der Waals surface area contributed by atoms with Crippen LogP contribution < -0.4 is 10.2 Å². The van der Waals surface area contributed by atoms with E-state index in [1.54, 1.807) is 0 Å². The van der Waals surface area contributed by atoms with E-state index in [2.05, 4.69) is 15.2 Å². The molecule has 0 unspecified atom stereocenters.